The standard InChI is InChI=1S/C18H21NO4S/c1-18(2,17(20)21)15-10-8-14(9-11-15)12-13-19-24(22,23)16-6-4-3-5-7-16/h3-11,19H,12-13H2,1-2H3,(H,20,21). The van der Waals surface area contributed by atoms with Crippen LogP contribution in [0.1, 0.15) is 25.0 Å². The smallest absolute Gasteiger partial charge is 0.313 e. The summed E-state index contributed by atoms with van der Waals surface area (Å²) in [6, 6.07) is 15.4. The molecule has 0 bridgehead atoms. The van der Waals surface area contributed by atoms with Gasteiger partial charge in [-0.05, 0) is 43.5 Å². The second-order valence-corrected chi connectivity index (χ2v) is 7.85. The fraction of sp³-hybridized carbons (Fsp3) is 0.278. The number of aliphatic carboxylic acids is 1. The lowest BCUT2D eigenvalue weighted by molar-refractivity contribution is -0.142. The lowest BCUT2D eigenvalue weighted by Gasteiger charge is -2.19. The van der Waals surface area contributed by atoms with Crippen LogP contribution in [-0.4, -0.2) is 26.0 Å². The lowest BCUT2D eigenvalue weighted by Crippen LogP contribution is -2.28. The van der Waals surface area contributed by atoms with Crippen LogP contribution in [-0.2, 0) is 26.7 Å². The van der Waals surface area contributed by atoms with Crippen LogP contribution in [0.3, 0.4) is 0 Å². The molecule has 0 aliphatic heterocycles. The van der Waals surface area contributed by atoms with Crippen LogP contribution in [0.4, 0.5) is 0 Å². The Morgan fingerprint density at radius 1 is 1.04 bits per heavy atom. The van der Waals surface area contributed by atoms with Gasteiger partial charge in [0.2, 0.25) is 10.0 Å². The minimum Gasteiger partial charge on any atom is -0.481 e. The zero-order valence-corrected chi connectivity index (χ0v) is 14.5. The molecule has 0 heterocycles. The van der Waals surface area contributed by atoms with E-state index in [0.29, 0.717) is 12.0 Å². The molecule has 2 aromatic carbocycles. The number of benzene rings is 2. The molecule has 24 heavy (non-hydrogen) atoms. The van der Waals surface area contributed by atoms with Crippen molar-refractivity contribution in [3.63, 3.8) is 0 Å². The molecule has 0 aliphatic rings. The van der Waals surface area contributed by atoms with E-state index in [-0.39, 0.29) is 11.4 Å². The van der Waals surface area contributed by atoms with E-state index >= 15 is 0 Å². The Labute approximate surface area is 142 Å². The maximum Gasteiger partial charge on any atom is 0.313 e. The minimum atomic E-state index is -3.50. The molecule has 2 aromatic rings. The van der Waals surface area contributed by atoms with Crippen molar-refractivity contribution in [2.24, 2.45) is 0 Å². The molecule has 0 unspecified atom stereocenters. The average molecular weight is 347 g/mol. The molecule has 0 amide bonds. The van der Waals surface area contributed by atoms with Gasteiger partial charge in [0.1, 0.15) is 0 Å². The van der Waals surface area contributed by atoms with Crippen molar-refractivity contribution in [1.82, 2.24) is 4.72 Å². The van der Waals surface area contributed by atoms with Crippen LogP contribution in [0, 0.1) is 0 Å². The molecule has 2 rings (SSSR count). The maximum atomic E-state index is 12.1. The minimum absolute atomic E-state index is 0.239. The third-order valence-corrected chi connectivity index (χ3v) is 5.45. The second kappa shape index (κ2) is 7.15. The van der Waals surface area contributed by atoms with Crippen molar-refractivity contribution < 1.29 is 18.3 Å². The van der Waals surface area contributed by atoms with Gasteiger partial charge in [0.05, 0.1) is 10.3 Å². The Balaban J connectivity index is 1.97. The molecule has 2 N–H and O–H groups in total. The van der Waals surface area contributed by atoms with Gasteiger partial charge in [0, 0.05) is 6.54 Å². The van der Waals surface area contributed by atoms with Crippen molar-refractivity contribution in [2.75, 3.05) is 6.54 Å². The monoisotopic (exact) mass is 347 g/mol. The van der Waals surface area contributed by atoms with Gasteiger partial charge in [0.25, 0.3) is 0 Å². The summed E-state index contributed by atoms with van der Waals surface area (Å²) < 4.78 is 26.8. The Hall–Kier alpha value is -2.18. The fourth-order valence-corrected chi connectivity index (χ4v) is 3.28. The van der Waals surface area contributed by atoms with Gasteiger partial charge in [-0.2, -0.15) is 0 Å². The fourth-order valence-electron chi connectivity index (χ4n) is 2.22. The molecule has 128 valence electrons. The summed E-state index contributed by atoms with van der Waals surface area (Å²) in [7, 11) is -3.50. The van der Waals surface area contributed by atoms with Crippen molar-refractivity contribution in [3.05, 3.63) is 65.7 Å². The summed E-state index contributed by atoms with van der Waals surface area (Å²) in [5.41, 5.74) is 0.701. The van der Waals surface area contributed by atoms with Crippen LogP contribution in [0.25, 0.3) is 0 Å². The third kappa shape index (κ3) is 4.21. The number of nitrogens with one attached hydrogen (secondary N) is 1. The maximum absolute atomic E-state index is 12.1. The predicted octanol–water partition coefficient (Wildman–Crippen LogP) is 2.57. The zero-order valence-electron chi connectivity index (χ0n) is 13.7. The van der Waals surface area contributed by atoms with Crippen LogP contribution in [0.15, 0.2) is 59.5 Å². The molecule has 5 nitrogen and oxygen atoms in total. The number of hydrogen-bond acceptors (Lipinski definition) is 3. The number of carboxylic acid groups (broad SMARTS) is 1. The summed E-state index contributed by atoms with van der Waals surface area (Å²) in [6.07, 6.45) is 0.528. The normalized spacial score (nSPS) is 12.1. The van der Waals surface area contributed by atoms with Gasteiger partial charge in [-0.25, -0.2) is 13.1 Å². The number of hydrogen-bond donors (Lipinski definition) is 2. The topological polar surface area (TPSA) is 83.5 Å². The number of sulfonamides is 1. The molecule has 0 spiro atoms. The van der Waals surface area contributed by atoms with Gasteiger partial charge < -0.3 is 5.11 Å². The predicted molar refractivity (Wildman–Crippen MR) is 92.4 cm³/mol. The molecule has 0 atom stereocenters. The number of rotatable bonds is 7. The second-order valence-electron chi connectivity index (χ2n) is 6.09. The van der Waals surface area contributed by atoms with E-state index in [0.717, 1.165) is 5.56 Å². The summed E-state index contributed by atoms with van der Waals surface area (Å²) in [4.78, 5) is 11.5. The van der Waals surface area contributed by atoms with Crippen LogP contribution >= 0.6 is 0 Å². The van der Waals surface area contributed by atoms with Crippen molar-refractivity contribution in [3.8, 4) is 0 Å². The number of carboxylic acids is 1. The van der Waals surface area contributed by atoms with Crippen LogP contribution < -0.4 is 4.72 Å². The highest BCUT2D eigenvalue weighted by atomic mass is 32.2. The van der Waals surface area contributed by atoms with E-state index in [1.165, 1.54) is 0 Å². The molecule has 6 heteroatoms. The van der Waals surface area contributed by atoms with E-state index in [9.17, 15) is 18.3 Å². The van der Waals surface area contributed by atoms with Crippen LogP contribution in [0.2, 0.25) is 0 Å². The Kier molecular flexibility index (Phi) is 5.41. The quantitative estimate of drug-likeness (QED) is 0.806. The molecular weight excluding hydrogens is 326 g/mol. The van der Waals surface area contributed by atoms with E-state index in [2.05, 4.69) is 4.72 Å². The highest BCUT2D eigenvalue weighted by Gasteiger charge is 2.29. The van der Waals surface area contributed by atoms with E-state index < -0.39 is 21.4 Å². The number of carbonyl (C=O) groups is 1. The van der Waals surface area contributed by atoms with Crippen molar-refractivity contribution in [1.29, 1.82) is 0 Å². The first-order valence-corrected chi connectivity index (χ1v) is 9.09. The Morgan fingerprint density at radius 2 is 1.62 bits per heavy atom. The summed E-state index contributed by atoms with van der Waals surface area (Å²) >= 11 is 0. The third-order valence-electron chi connectivity index (χ3n) is 3.97. The largest absolute Gasteiger partial charge is 0.481 e. The summed E-state index contributed by atoms with van der Waals surface area (Å²) in [6.45, 7) is 3.58. The highest BCUT2D eigenvalue weighted by molar-refractivity contribution is 7.89. The first-order valence-electron chi connectivity index (χ1n) is 7.61. The van der Waals surface area contributed by atoms with Gasteiger partial charge in [0.15, 0.2) is 0 Å². The SMILES string of the molecule is CC(C)(C(=O)O)c1ccc(CCNS(=O)(=O)c2ccccc2)cc1. The Morgan fingerprint density at radius 3 is 2.17 bits per heavy atom. The van der Waals surface area contributed by atoms with E-state index in [4.69, 9.17) is 0 Å². The van der Waals surface area contributed by atoms with Crippen molar-refractivity contribution >= 4 is 16.0 Å². The molecule has 0 radical (unpaired) electrons. The first-order chi connectivity index (χ1) is 11.2. The van der Waals surface area contributed by atoms with Crippen molar-refractivity contribution in [2.45, 2.75) is 30.6 Å². The summed E-state index contributed by atoms with van der Waals surface area (Å²) in [5.74, 6) is -0.883. The average Bonchev–Trinajstić information content (AvgIpc) is 2.56. The zero-order chi connectivity index (χ0) is 17.8. The Bertz CT molecular complexity index is 797. The van der Waals surface area contributed by atoms with Gasteiger partial charge in [-0.3, -0.25) is 4.79 Å². The van der Waals surface area contributed by atoms with E-state index in [1.54, 1.807) is 56.3 Å². The first kappa shape index (κ1) is 18.2. The molecular formula is C18H21NO4S. The van der Waals surface area contributed by atoms with Crippen LogP contribution in [0.5, 0.6) is 0 Å². The molecule has 0 aliphatic carbocycles. The van der Waals surface area contributed by atoms with Gasteiger partial charge in [-0.1, -0.05) is 42.5 Å². The van der Waals surface area contributed by atoms with Gasteiger partial charge in [-0.15, -0.1) is 0 Å². The highest BCUT2D eigenvalue weighted by Crippen LogP contribution is 2.23. The molecule has 0 saturated heterocycles. The lowest BCUT2D eigenvalue weighted by atomic mass is 9.84. The summed E-state index contributed by atoms with van der Waals surface area (Å²) in [5, 5.41) is 9.23. The molecule has 0 aromatic heterocycles. The molecule has 0 saturated carbocycles. The molecule has 0 fully saturated rings. The van der Waals surface area contributed by atoms with E-state index in [1.807, 2.05) is 12.1 Å². The van der Waals surface area contributed by atoms with Gasteiger partial charge >= 0.3 is 5.97 Å².